The van der Waals surface area contributed by atoms with Crippen LogP contribution in [0.4, 0.5) is 17.6 Å². The normalized spacial score (nSPS) is 13.6. The summed E-state index contributed by atoms with van der Waals surface area (Å²) in [4.78, 5) is 8.06. The minimum Gasteiger partial charge on any atom is -0.480 e. The summed E-state index contributed by atoms with van der Waals surface area (Å²) in [5, 5.41) is 0. The third-order valence-corrected chi connectivity index (χ3v) is 2.91. The molecule has 1 rings (SSSR count). The summed E-state index contributed by atoms with van der Waals surface area (Å²) in [7, 11) is 0.988. The third-order valence-electron chi connectivity index (χ3n) is 2.91. The lowest BCUT2D eigenvalue weighted by molar-refractivity contribution is -0.0943. The first-order valence-corrected chi connectivity index (χ1v) is 6.92. The van der Waals surface area contributed by atoms with E-state index in [1.807, 2.05) is 13.0 Å². The summed E-state index contributed by atoms with van der Waals surface area (Å²) in [5.41, 5.74) is -0.253. The van der Waals surface area contributed by atoms with Crippen LogP contribution in [0, 0.1) is 0 Å². The predicted octanol–water partition coefficient (Wildman–Crippen LogP) is 4.75. The molecule has 0 aliphatic heterocycles. The molecule has 23 heavy (non-hydrogen) atoms. The number of aryl methyl sites for hydroxylation is 1. The number of aromatic nitrogens is 1. The van der Waals surface area contributed by atoms with Crippen LogP contribution in [0.2, 0.25) is 0 Å². The highest BCUT2D eigenvalue weighted by molar-refractivity contribution is 5.97. The second-order valence-corrected chi connectivity index (χ2v) is 4.75. The summed E-state index contributed by atoms with van der Waals surface area (Å²) in [6.07, 6.45) is -3.34. The highest BCUT2D eigenvalue weighted by Gasteiger charge is 2.40. The number of alkyl halides is 3. The van der Waals surface area contributed by atoms with E-state index in [1.165, 1.54) is 6.92 Å². The number of nitrogens with zero attached hydrogens (tertiary/aromatic N) is 2. The maximum Gasteiger partial charge on any atom is 0.424 e. The number of methoxy groups -OCH3 is 1. The van der Waals surface area contributed by atoms with Gasteiger partial charge in [-0.25, -0.2) is 9.38 Å². The lowest BCUT2D eigenvalue weighted by Gasteiger charge is -2.13. The van der Waals surface area contributed by atoms with E-state index in [0.717, 1.165) is 25.6 Å². The first kappa shape index (κ1) is 18.9. The van der Waals surface area contributed by atoms with Crippen LogP contribution in [0.15, 0.2) is 47.1 Å². The molecule has 0 aliphatic rings. The summed E-state index contributed by atoms with van der Waals surface area (Å²) >= 11 is 0. The molecule has 1 aromatic heterocycles. The van der Waals surface area contributed by atoms with Crippen LogP contribution in [-0.4, -0.2) is 24.0 Å². The zero-order chi connectivity index (χ0) is 17.6. The van der Waals surface area contributed by atoms with Crippen molar-refractivity contribution in [2.45, 2.75) is 32.9 Å². The van der Waals surface area contributed by atoms with Crippen molar-refractivity contribution in [2.24, 2.45) is 4.99 Å². The number of halogens is 4. The van der Waals surface area contributed by atoms with E-state index in [9.17, 15) is 17.6 Å². The Balaban J connectivity index is 3.34. The SMILES string of the molecule is C=C(F)/C(=C(\N=C(/C)c1cccc(CCC)n1)OC)C(F)(F)F. The van der Waals surface area contributed by atoms with Gasteiger partial charge in [0.25, 0.3) is 0 Å². The molecule has 0 unspecified atom stereocenters. The second kappa shape index (κ2) is 7.89. The summed E-state index contributed by atoms with van der Waals surface area (Å²) in [6.45, 7) is 6.17. The van der Waals surface area contributed by atoms with Crippen molar-refractivity contribution in [3.8, 4) is 0 Å². The van der Waals surface area contributed by atoms with Crippen LogP contribution in [-0.2, 0) is 11.2 Å². The minimum absolute atomic E-state index is 0.183. The Bertz CT molecular complexity index is 633. The molecule has 7 heteroatoms. The van der Waals surface area contributed by atoms with Crippen molar-refractivity contribution in [3.63, 3.8) is 0 Å². The van der Waals surface area contributed by atoms with Gasteiger partial charge in [0, 0.05) is 5.69 Å². The molecule has 1 heterocycles. The van der Waals surface area contributed by atoms with Gasteiger partial charge in [-0.2, -0.15) is 13.2 Å². The number of rotatable bonds is 6. The Morgan fingerprint density at radius 3 is 2.48 bits per heavy atom. The molecule has 0 saturated heterocycles. The van der Waals surface area contributed by atoms with Gasteiger partial charge in [0.1, 0.15) is 5.83 Å². The van der Waals surface area contributed by atoms with Gasteiger partial charge in [0.15, 0.2) is 5.57 Å². The number of allylic oxidation sites excluding steroid dienone is 2. The molecule has 0 radical (unpaired) electrons. The number of ether oxygens (including phenoxy) is 1. The summed E-state index contributed by atoms with van der Waals surface area (Å²) < 4.78 is 56.5. The first-order valence-electron chi connectivity index (χ1n) is 6.92. The molecule has 126 valence electrons. The van der Waals surface area contributed by atoms with Gasteiger partial charge in [-0.15, -0.1) is 0 Å². The number of hydrogen-bond donors (Lipinski definition) is 0. The highest BCUT2D eigenvalue weighted by Crippen LogP contribution is 2.34. The maximum atomic E-state index is 13.2. The Kier molecular flexibility index (Phi) is 6.48. The van der Waals surface area contributed by atoms with Gasteiger partial charge in [-0.05, 0) is 25.5 Å². The molecule has 3 nitrogen and oxygen atoms in total. The minimum atomic E-state index is -4.96. The van der Waals surface area contributed by atoms with E-state index < -0.39 is 23.5 Å². The van der Waals surface area contributed by atoms with Crippen molar-refractivity contribution in [2.75, 3.05) is 7.11 Å². The average Bonchev–Trinajstić information content (AvgIpc) is 2.45. The van der Waals surface area contributed by atoms with E-state index in [2.05, 4.69) is 21.3 Å². The Hall–Kier alpha value is -2.18. The Labute approximate surface area is 132 Å². The van der Waals surface area contributed by atoms with Crippen LogP contribution >= 0.6 is 0 Å². The molecule has 0 aromatic carbocycles. The van der Waals surface area contributed by atoms with Crippen molar-refractivity contribution in [1.82, 2.24) is 4.98 Å². The number of aliphatic imine (C=N–C) groups is 1. The zero-order valence-corrected chi connectivity index (χ0v) is 13.2. The van der Waals surface area contributed by atoms with Gasteiger partial charge in [-0.1, -0.05) is 26.0 Å². The molecule has 0 fully saturated rings. The molecule has 0 bridgehead atoms. The monoisotopic (exact) mass is 330 g/mol. The highest BCUT2D eigenvalue weighted by atomic mass is 19.4. The van der Waals surface area contributed by atoms with E-state index >= 15 is 0 Å². The molecule has 0 spiro atoms. The van der Waals surface area contributed by atoms with Crippen LogP contribution in [0.1, 0.15) is 31.7 Å². The lowest BCUT2D eigenvalue weighted by atomic mass is 10.2. The lowest BCUT2D eigenvalue weighted by Crippen LogP contribution is -2.16. The molecular formula is C16H18F4N2O. The quantitative estimate of drug-likeness (QED) is 0.327. The van der Waals surface area contributed by atoms with Crippen LogP contribution < -0.4 is 0 Å². The van der Waals surface area contributed by atoms with Crippen molar-refractivity contribution < 1.29 is 22.3 Å². The van der Waals surface area contributed by atoms with E-state index in [0.29, 0.717) is 5.69 Å². The molecule has 0 amide bonds. The third kappa shape index (κ3) is 5.19. The smallest absolute Gasteiger partial charge is 0.424 e. The summed E-state index contributed by atoms with van der Waals surface area (Å²) in [6, 6.07) is 5.17. The van der Waals surface area contributed by atoms with E-state index in [4.69, 9.17) is 0 Å². The van der Waals surface area contributed by atoms with E-state index in [-0.39, 0.29) is 5.71 Å². The Morgan fingerprint density at radius 2 is 2.00 bits per heavy atom. The zero-order valence-electron chi connectivity index (χ0n) is 13.2. The van der Waals surface area contributed by atoms with Crippen LogP contribution in [0.25, 0.3) is 0 Å². The van der Waals surface area contributed by atoms with E-state index in [1.54, 1.807) is 12.1 Å². The van der Waals surface area contributed by atoms with Gasteiger partial charge < -0.3 is 4.74 Å². The molecular weight excluding hydrogens is 312 g/mol. The van der Waals surface area contributed by atoms with Gasteiger partial charge >= 0.3 is 6.18 Å². The van der Waals surface area contributed by atoms with Gasteiger partial charge in [0.05, 0.1) is 18.5 Å². The van der Waals surface area contributed by atoms with Crippen LogP contribution in [0.5, 0.6) is 0 Å². The fraction of sp³-hybridized carbons (Fsp3) is 0.375. The van der Waals surface area contributed by atoms with Gasteiger partial charge in [-0.3, -0.25) is 4.98 Å². The largest absolute Gasteiger partial charge is 0.480 e. The van der Waals surface area contributed by atoms with Crippen molar-refractivity contribution in [3.05, 3.63) is 53.4 Å². The molecule has 0 N–H and O–H groups in total. The second-order valence-electron chi connectivity index (χ2n) is 4.75. The van der Waals surface area contributed by atoms with Crippen molar-refractivity contribution >= 4 is 5.71 Å². The molecule has 0 saturated carbocycles. The summed E-state index contributed by atoms with van der Waals surface area (Å²) in [5.74, 6) is -2.54. The van der Waals surface area contributed by atoms with Crippen LogP contribution in [0.3, 0.4) is 0 Å². The average molecular weight is 330 g/mol. The molecule has 0 atom stereocenters. The topological polar surface area (TPSA) is 34.5 Å². The predicted molar refractivity (Wildman–Crippen MR) is 80.8 cm³/mol. The van der Waals surface area contributed by atoms with Gasteiger partial charge in [0.2, 0.25) is 5.88 Å². The standard InChI is InChI=1S/C16H18F4N2O/c1-5-7-12-8-6-9-13(22-12)11(3)21-15(23-4)14(10(2)17)16(18,19)20/h6,8-9H,2,5,7H2,1,3-4H3/b15-14-,21-11+. The van der Waals surface area contributed by atoms with Crippen molar-refractivity contribution in [1.29, 1.82) is 0 Å². The molecule has 0 aliphatic carbocycles. The first-order chi connectivity index (χ1) is 10.7. The fourth-order valence-electron chi connectivity index (χ4n) is 1.88. The number of hydrogen-bond acceptors (Lipinski definition) is 3. The molecule has 1 aromatic rings. The fourth-order valence-corrected chi connectivity index (χ4v) is 1.88. The Morgan fingerprint density at radius 1 is 1.35 bits per heavy atom. The number of pyridine rings is 1. The maximum absolute atomic E-state index is 13.2.